The second-order valence-electron chi connectivity index (χ2n) is 5.08. The fourth-order valence-electron chi connectivity index (χ4n) is 2.65. The molecule has 2 unspecified atom stereocenters. The van der Waals surface area contributed by atoms with E-state index in [1.54, 1.807) is 0 Å². The Kier molecular flexibility index (Phi) is 5.22. The Morgan fingerprint density at radius 1 is 1.28 bits per heavy atom. The van der Waals surface area contributed by atoms with Crippen molar-refractivity contribution in [2.75, 3.05) is 0 Å². The SMILES string of the molecule is CCc1ccc(CNC2CCCCCC2C#N)s1. The lowest BCUT2D eigenvalue weighted by molar-refractivity contribution is 0.395. The summed E-state index contributed by atoms with van der Waals surface area (Å²) in [7, 11) is 0. The number of nitrogens with one attached hydrogen (secondary N) is 1. The van der Waals surface area contributed by atoms with Crippen molar-refractivity contribution in [3.05, 3.63) is 21.9 Å². The fraction of sp³-hybridized carbons (Fsp3) is 0.667. The third-order valence-electron chi connectivity index (χ3n) is 3.79. The largest absolute Gasteiger partial charge is 0.308 e. The van der Waals surface area contributed by atoms with Gasteiger partial charge in [-0.05, 0) is 31.4 Å². The van der Waals surface area contributed by atoms with Gasteiger partial charge in [-0.1, -0.05) is 26.2 Å². The lowest BCUT2D eigenvalue weighted by atomic mass is 9.96. The van der Waals surface area contributed by atoms with Gasteiger partial charge in [-0.15, -0.1) is 11.3 Å². The van der Waals surface area contributed by atoms with Crippen LogP contribution in [0.5, 0.6) is 0 Å². The maximum absolute atomic E-state index is 9.24. The van der Waals surface area contributed by atoms with Crippen LogP contribution in [0, 0.1) is 17.2 Å². The molecule has 0 aliphatic heterocycles. The van der Waals surface area contributed by atoms with Crippen molar-refractivity contribution >= 4 is 11.3 Å². The van der Waals surface area contributed by atoms with Crippen LogP contribution in [0.15, 0.2) is 12.1 Å². The van der Waals surface area contributed by atoms with Crippen molar-refractivity contribution in [3.63, 3.8) is 0 Å². The van der Waals surface area contributed by atoms with Crippen molar-refractivity contribution < 1.29 is 0 Å². The highest BCUT2D eigenvalue weighted by Gasteiger charge is 2.22. The Morgan fingerprint density at radius 3 is 2.78 bits per heavy atom. The number of hydrogen-bond donors (Lipinski definition) is 1. The molecule has 1 aromatic heterocycles. The normalized spacial score (nSPS) is 24.4. The number of hydrogen-bond acceptors (Lipinski definition) is 3. The average Bonchev–Trinajstić information content (AvgIpc) is 2.74. The van der Waals surface area contributed by atoms with Crippen LogP contribution in [0.1, 0.15) is 48.8 Å². The summed E-state index contributed by atoms with van der Waals surface area (Å²) in [5.41, 5.74) is 0. The summed E-state index contributed by atoms with van der Waals surface area (Å²) >= 11 is 1.89. The van der Waals surface area contributed by atoms with E-state index in [9.17, 15) is 5.26 Å². The minimum Gasteiger partial charge on any atom is -0.308 e. The van der Waals surface area contributed by atoms with E-state index in [0.717, 1.165) is 25.8 Å². The van der Waals surface area contributed by atoms with Gasteiger partial charge in [0.15, 0.2) is 0 Å². The van der Waals surface area contributed by atoms with E-state index in [0.29, 0.717) is 6.04 Å². The Hall–Kier alpha value is -0.850. The zero-order valence-electron chi connectivity index (χ0n) is 11.1. The molecule has 1 aromatic rings. The van der Waals surface area contributed by atoms with Crippen molar-refractivity contribution in [1.82, 2.24) is 5.32 Å². The zero-order valence-corrected chi connectivity index (χ0v) is 11.9. The summed E-state index contributed by atoms with van der Waals surface area (Å²) in [5.74, 6) is 0.207. The first kappa shape index (κ1) is 13.6. The van der Waals surface area contributed by atoms with Crippen molar-refractivity contribution in [1.29, 1.82) is 5.26 Å². The standard InChI is InChI=1S/C15H22N2S/c1-2-13-8-9-14(18-13)11-17-15-7-5-3-4-6-12(15)10-16/h8-9,12,15,17H,2-7,11H2,1H3. The molecular weight excluding hydrogens is 240 g/mol. The van der Waals surface area contributed by atoms with Crippen LogP contribution in [-0.4, -0.2) is 6.04 Å². The molecule has 1 saturated carbocycles. The number of thiophene rings is 1. The molecule has 2 nitrogen and oxygen atoms in total. The van der Waals surface area contributed by atoms with Crippen LogP contribution in [0.25, 0.3) is 0 Å². The van der Waals surface area contributed by atoms with Gasteiger partial charge in [-0.2, -0.15) is 5.26 Å². The molecule has 3 heteroatoms. The van der Waals surface area contributed by atoms with Gasteiger partial charge in [0.1, 0.15) is 0 Å². The van der Waals surface area contributed by atoms with Crippen LogP contribution in [0.3, 0.4) is 0 Å². The molecule has 2 atom stereocenters. The molecule has 1 aliphatic carbocycles. The Morgan fingerprint density at radius 2 is 2.06 bits per heavy atom. The van der Waals surface area contributed by atoms with E-state index >= 15 is 0 Å². The van der Waals surface area contributed by atoms with E-state index in [1.165, 1.54) is 29.0 Å². The van der Waals surface area contributed by atoms with Gasteiger partial charge >= 0.3 is 0 Å². The van der Waals surface area contributed by atoms with E-state index in [-0.39, 0.29) is 5.92 Å². The Bertz CT molecular complexity index is 405. The molecule has 1 N–H and O–H groups in total. The molecule has 1 fully saturated rings. The molecule has 18 heavy (non-hydrogen) atoms. The molecule has 0 amide bonds. The molecular formula is C15H22N2S. The quantitative estimate of drug-likeness (QED) is 0.836. The second-order valence-corrected chi connectivity index (χ2v) is 6.34. The molecule has 0 aromatic carbocycles. The lowest BCUT2D eigenvalue weighted by Gasteiger charge is -2.20. The highest BCUT2D eigenvalue weighted by atomic mass is 32.1. The summed E-state index contributed by atoms with van der Waals surface area (Å²) in [6, 6.07) is 7.32. The molecule has 1 aliphatic rings. The van der Waals surface area contributed by atoms with E-state index in [4.69, 9.17) is 0 Å². The number of aryl methyl sites for hydroxylation is 1. The maximum Gasteiger partial charge on any atom is 0.0672 e. The predicted octanol–water partition coefficient (Wildman–Crippen LogP) is 3.87. The highest BCUT2D eigenvalue weighted by Crippen LogP contribution is 2.24. The summed E-state index contributed by atoms with van der Waals surface area (Å²) in [4.78, 5) is 2.84. The lowest BCUT2D eigenvalue weighted by Crippen LogP contribution is -2.34. The molecule has 0 spiro atoms. The number of nitrogens with zero attached hydrogens (tertiary/aromatic N) is 1. The number of rotatable bonds is 4. The van der Waals surface area contributed by atoms with Gasteiger partial charge in [0.25, 0.3) is 0 Å². The van der Waals surface area contributed by atoms with Gasteiger partial charge in [0.05, 0.1) is 12.0 Å². The van der Waals surface area contributed by atoms with E-state index in [2.05, 4.69) is 30.4 Å². The smallest absolute Gasteiger partial charge is 0.0672 e. The van der Waals surface area contributed by atoms with Gasteiger partial charge < -0.3 is 5.32 Å². The van der Waals surface area contributed by atoms with Crippen molar-refractivity contribution in [2.24, 2.45) is 5.92 Å². The maximum atomic E-state index is 9.24. The first-order chi connectivity index (χ1) is 8.83. The van der Waals surface area contributed by atoms with Gasteiger partial charge in [0.2, 0.25) is 0 Å². The number of nitriles is 1. The van der Waals surface area contributed by atoms with E-state index in [1.807, 2.05) is 11.3 Å². The first-order valence-electron chi connectivity index (χ1n) is 7.04. The molecule has 0 bridgehead atoms. The first-order valence-corrected chi connectivity index (χ1v) is 7.85. The monoisotopic (exact) mass is 262 g/mol. The average molecular weight is 262 g/mol. The third-order valence-corrected chi connectivity index (χ3v) is 5.02. The van der Waals surface area contributed by atoms with E-state index < -0.39 is 0 Å². The molecule has 1 heterocycles. The molecule has 0 radical (unpaired) electrons. The van der Waals surface area contributed by atoms with Crippen LogP contribution in [-0.2, 0) is 13.0 Å². The summed E-state index contributed by atoms with van der Waals surface area (Å²) in [6.45, 7) is 3.12. The molecule has 98 valence electrons. The topological polar surface area (TPSA) is 35.8 Å². The van der Waals surface area contributed by atoms with Crippen LogP contribution in [0.2, 0.25) is 0 Å². The third kappa shape index (κ3) is 3.57. The summed E-state index contributed by atoms with van der Waals surface area (Å²) < 4.78 is 0. The van der Waals surface area contributed by atoms with Gasteiger partial charge in [0, 0.05) is 22.3 Å². The minimum atomic E-state index is 0.207. The fourth-order valence-corrected chi connectivity index (χ4v) is 3.55. The molecule has 0 saturated heterocycles. The van der Waals surface area contributed by atoms with Crippen molar-refractivity contribution in [3.8, 4) is 6.07 Å². The van der Waals surface area contributed by atoms with Crippen LogP contribution >= 0.6 is 11.3 Å². The molecule has 2 rings (SSSR count). The highest BCUT2D eigenvalue weighted by molar-refractivity contribution is 7.11. The Labute approximate surface area is 114 Å². The summed E-state index contributed by atoms with van der Waals surface area (Å²) in [5, 5.41) is 12.8. The van der Waals surface area contributed by atoms with Gasteiger partial charge in [-0.3, -0.25) is 0 Å². The van der Waals surface area contributed by atoms with Crippen molar-refractivity contribution in [2.45, 2.75) is 58.0 Å². The predicted molar refractivity (Wildman–Crippen MR) is 76.5 cm³/mol. The van der Waals surface area contributed by atoms with Gasteiger partial charge in [-0.25, -0.2) is 0 Å². The van der Waals surface area contributed by atoms with Crippen LogP contribution in [0.4, 0.5) is 0 Å². The summed E-state index contributed by atoms with van der Waals surface area (Å²) in [6.07, 6.45) is 7.11. The Balaban J connectivity index is 1.89. The minimum absolute atomic E-state index is 0.207. The second kappa shape index (κ2) is 6.92. The van der Waals surface area contributed by atoms with Crippen LogP contribution < -0.4 is 5.32 Å². The zero-order chi connectivity index (χ0) is 12.8.